The molecule has 4 heteroatoms. The third kappa shape index (κ3) is 3.43. The van der Waals surface area contributed by atoms with Crippen LogP contribution in [0.1, 0.15) is 98.8 Å². The van der Waals surface area contributed by atoms with Crippen molar-refractivity contribution in [3.63, 3.8) is 0 Å². The van der Waals surface area contributed by atoms with Gasteiger partial charge < -0.3 is 20.1 Å². The van der Waals surface area contributed by atoms with Crippen molar-refractivity contribution in [3.8, 4) is 0 Å². The minimum atomic E-state index is -0.407. The van der Waals surface area contributed by atoms with Gasteiger partial charge in [-0.3, -0.25) is 0 Å². The van der Waals surface area contributed by atoms with Gasteiger partial charge in [0.05, 0.1) is 31.7 Å². The number of hydrogen-bond donors (Lipinski definition) is 3. The van der Waals surface area contributed by atoms with Gasteiger partial charge >= 0.3 is 0 Å². The zero-order valence-electron chi connectivity index (χ0n) is 24.3. The maximum Gasteiger partial charge on any atom is 0.0952 e. The predicted octanol–water partition coefficient (Wildman–Crippen LogP) is 6.50. The maximum absolute atomic E-state index is 11.0. The second kappa shape index (κ2) is 9.10. The lowest BCUT2D eigenvalue weighted by atomic mass is 9.32. The minimum absolute atomic E-state index is 0.00231. The Kier molecular flexibility index (Phi) is 6.81. The van der Waals surface area contributed by atoms with E-state index in [0.717, 1.165) is 49.9 Å². The molecule has 5 aliphatic rings. The number of fused-ring (bicyclic) bond motifs is 7. The van der Waals surface area contributed by atoms with Crippen molar-refractivity contribution in [2.45, 2.75) is 105 Å². The highest BCUT2D eigenvalue weighted by molar-refractivity contribution is 5.26. The second-order valence-corrected chi connectivity index (χ2v) is 14.9. The summed E-state index contributed by atoms with van der Waals surface area (Å²) < 4.78 is 6.19. The fourth-order valence-electron chi connectivity index (χ4n) is 12.0. The van der Waals surface area contributed by atoms with Gasteiger partial charge in [-0.1, -0.05) is 40.9 Å². The second-order valence-electron chi connectivity index (χ2n) is 14.9. The molecule has 0 amide bonds. The molecule has 3 N–H and O–H groups in total. The lowest BCUT2D eigenvalue weighted by Crippen LogP contribution is -2.67. The van der Waals surface area contributed by atoms with Crippen LogP contribution in [-0.2, 0) is 4.74 Å². The molecule has 0 aromatic rings. The minimum Gasteiger partial charge on any atom is -0.498 e. The Labute approximate surface area is 226 Å². The normalized spacial score (nSPS) is 52.9. The standard InChI is InChI=1S/C33H54O4/c1-8-37-22(3)33-16-11-23(21(2)19-34)28(33)24-9-10-26-29(4)14-13-27(36)30(5,20-35)25(29)12-15-32(26,7)31(24,6)17-18-33/h23-28,34-36H,2-3,8-20H2,1,4-7H3/t23?,24?,25-,26?,27+,28?,29+,30+,31-,32-,33-/m1/s1. The van der Waals surface area contributed by atoms with Gasteiger partial charge in [-0.05, 0) is 123 Å². The topological polar surface area (TPSA) is 69.9 Å². The molecular weight excluding hydrogens is 460 g/mol. The van der Waals surface area contributed by atoms with E-state index in [1.54, 1.807) is 0 Å². The Morgan fingerprint density at radius 2 is 1.57 bits per heavy atom. The van der Waals surface area contributed by atoms with Gasteiger partial charge in [0.1, 0.15) is 0 Å². The molecule has 0 heterocycles. The number of rotatable bonds is 6. The molecular formula is C33H54O4. The number of allylic oxidation sites excluding steroid dienone is 1. The van der Waals surface area contributed by atoms with Gasteiger partial charge in [-0.25, -0.2) is 0 Å². The number of aliphatic hydroxyl groups excluding tert-OH is 3. The van der Waals surface area contributed by atoms with Crippen LogP contribution in [0.5, 0.6) is 0 Å². The molecule has 5 aliphatic carbocycles. The van der Waals surface area contributed by atoms with Crippen LogP contribution in [0.15, 0.2) is 24.5 Å². The predicted molar refractivity (Wildman–Crippen MR) is 149 cm³/mol. The van der Waals surface area contributed by atoms with Crippen LogP contribution < -0.4 is 0 Å². The van der Waals surface area contributed by atoms with E-state index in [9.17, 15) is 15.3 Å². The van der Waals surface area contributed by atoms with Gasteiger partial charge in [0.2, 0.25) is 0 Å². The molecule has 37 heavy (non-hydrogen) atoms. The SMILES string of the molecule is C=C(CO)C1CC[C@]2(C(=C)OCC)CC[C@]3(C)C(CCC4[C@@]5(C)CC[C@H](O)[C@@](C)(CO)[C@@H]5CC[C@]43C)C12. The Balaban J connectivity index is 1.55. The molecule has 5 saturated carbocycles. The summed E-state index contributed by atoms with van der Waals surface area (Å²) in [6.45, 7) is 21.6. The summed E-state index contributed by atoms with van der Waals surface area (Å²) in [6.07, 6.45) is 10.6. The third-order valence-corrected chi connectivity index (χ3v) is 14.2. The first-order valence-corrected chi connectivity index (χ1v) is 15.3. The molecule has 5 fully saturated rings. The molecule has 0 aromatic carbocycles. The molecule has 11 atom stereocenters. The van der Waals surface area contributed by atoms with Gasteiger partial charge in [-0.15, -0.1) is 0 Å². The Hall–Kier alpha value is -0.840. The molecule has 4 unspecified atom stereocenters. The van der Waals surface area contributed by atoms with Crippen molar-refractivity contribution in [1.82, 2.24) is 0 Å². The molecule has 0 aromatic heterocycles. The van der Waals surface area contributed by atoms with Crippen LogP contribution in [0.25, 0.3) is 0 Å². The summed E-state index contributed by atoms with van der Waals surface area (Å²) >= 11 is 0. The van der Waals surface area contributed by atoms with E-state index in [-0.39, 0.29) is 34.9 Å². The average molecular weight is 515 g/mol. The number of aliphatic hydroxyl groups is 3. The van der Waals surface area contributed by atoms with Crippen LogP contribution in [0, 0.1) is 56.7 Å². The number of ether oxygens (including phenoxy) is 1. The van der Waals surface area contributed by atoms with Crippen molar-refractivity contribution in [2.75, 3.05) is 19.8 Å². The van der Waals surface area contributed by atoms with E-state index in [2.05, 4.69) is 47.8 Å². The highest BCUT2D eigenvalue weighted by Gasteiger charge is 2.71. The quantitative estimate of drug-likeness (QED) is 0.279. The summed E-state index contributed by atoms with van der Waals surface area (Å²) in [5, 5.41) is 31.7. The molecule has 0 bridgehead atoms. The summed E-state index contributed by atoms with van der Waals surface area (Å²) in [5.74, 6) is 3.28. The Bertz CT molecular complexity index is 929. The Morgan fingerprint density at radius 1 is 0.838 bits per heavy atom. The molecule has 210 valence electrons. The van der Waals surface area contributed by atoms with E-state index < -0.39 is 11.5 Å². The first kappa shape index (κ1) is 27.7. The van der Waals surface area contributed by atoms with Gasteiger partial charge in [0.25, 0.3) is 0 Å². The van der Waals surface area contributed by atoms with Crippen molar-refractivity contribution in [1.29, 1.82) is 0 Å². The van der Waals surface area contributed by atoms with Crippen LogP contribution in [0.3, 0.4) is 0 Å². The lowest BCUT2D eigenvalue weighted by molar-refractivity contribution is -0.253. The average Bonchev–Trinajstić information content (AvgIpc) is 3.27. The van der Waals surface area contributed by atoms with Crippen LogP contribution in [0.4, 0.5) is 0 Å². The summed E-state index contributed by atoms with van der Waals surface area (Å²) in [7, 11) is 0. The van der Waals surface area contributed by atoms with E-state index in [4.69, 9.17) is 4.74 Å². The van der Waals surface area contributed by atoms with Crippen molar-refractivity contribution in [2.24, 2.45) is 56.7 Å². The fourth-order valence-corrected chi connectivity index (χ4v) is 12.0. The smallest absolute Gasteiger partial charge is 0.0952 e. The van der Waals surface area contributed by atoms with E-state index in [1.165, 1.54) is 25.7 Å². The highest BCUT2D eigenvalue weighted by Crippen LogP contribution is 2.78. The van der Waals surface area contributed by atoms with Crippen LogP contribution in [-0.4, -0.2) is 41.2 Å². The largest absolute Gasteiger partial charge is 0.498 e. The zero-order chi connectivity index (χ0) is 27.0. The molecule has 0 spiro atoms. The molecule has 0 radical (unpaired) electrons. The van der Waals surface area contributed by atoms with E-state index in [1.807, 2.05) is 0 Å². The molecule has 0 aliphatic heterocycles. The van der Waals surface area contributed by atoms with E-state index >= 15 is 0 Å². The first-order valence-electron chi connectivity index (χ1n) is 15.3. The van der Waals surface area contributed by atoms with Gasteiger partial charge in [-0.2, -0.15) is 0 Å². The summed E-state index contributed by atoms with van der Waals surface area (Å²) in [5.41, 5.74) is 1.16. The van der Waals surface area contributed by atoms with E-state index in [0.29, 0.717) is 36.2 Å². The lowest BCUT2D eigenvalue weighted by Gasteiger charge is -2.73. The summed E-state index contributed by atoms with van der Waals surface area (Å²) in [6, 6.07) is 0. The zero-order valence-corrected chi connectivity index (χ0v) is 24.3. The van der Waals surface area contributed by atoms with Crippen molar-refractivity contribution < 1.29 is 20.1 Å². The highest BCUT2D eigenvalue weighted by atomic mass is 16.5. The molecule has 4 nitrogen and oxygen atoms in total. The molecule has 5 rings (SSSR count). The van der Waals surface area contributed by atoms with Crippen molar-refractivity contribution >= 4 is 0 Å². The summed E-state index contributed by atoms with van der Waals surface area (Å²) in [4.78, 5) is 0. The van der Waals surface area contributed by atoms with Gasteiger partial charge in [0, 0.05) is 10.8 Å². The Morgan fingerprint density at radius 3 is 2.22 bits per heavy atom. The van der Waals surface area contributed by atoms with Crippen molar-refractivity contribution in [3.05, 3.63) is 24.5 Å². The van der Waals surface area contributed by atoms with Crippen LogP contribution >= 0.6 is 0 Å². The third-order valence-electron chi connectivity index (χ3n) is 14.2. The number of hydrogen-bond acceptors (Lipinski definition) is 4. The van der Waals surface area contributed by atoms with Gasteiger partial charge in [0.15, 0.2) is 0 Å². The first-order chi connectivity index (χ1) is 17.4. The monoisotopic (exact) mass is 514 g/mol. The van der Waals surface area contributed by atoms with Crippen LogP contribution in [0.2, 0.25) is 0 Å². The molecule has 0 saturated heterocycles. The fraction of sp³-hybridized carbons (Fsp3) is 0.879. The maximum atomic E-state index is 11.0.